The average Bonchev–Trinajstić information content (AvgIpc) is 2.67. The molecule has 2 aromatic carbocycles. The summed E-state index contributed by atoms with van der Waals surface area (Å²) in [5, 5.41) is 0.496. The molecule has 0 saturated carbocycles. The van der Waals surface area contributed by atoms with Crippen LogP contribution < -0.4 is 0 Å². The van der Waals surface area contributed by atoms with E-state index in [0.717, 1.165) is 10.5 Å². The standard InChI is InChI=1S/C19H21ClN2O3S2/c1-15-4-2-3-5-18(15)26-14-19(23)21-10-12-22(13-11-21)27(24,25)17-8-6-16(20)7-9-17/h2-9H,10-14H2,1H3. The van der Waals surface area contributed by atoms with Gasteiger partial charge in [0.15, 0.2) is 0 Å². The topological polar surface area (TPSA) is 57.7 Å². The average molecular weight is 425 g/mol. The zero-order chi connectivity index (χ0) is 19.4. The minimum atomic E-state index is -3.56. The van der Waals surface area contributed by atoms with E-state index in [1.54, 1.807) is 17.0 Å². The number of halogens is 1. The van der Waals surface area contributed by atoms with Crippen molar-refractivity contribution in [2.24, 2.45) is 0 Å². The van der Waals surface area contributed by atoms with Gasteiger partial charge in [-0.1, -0.05) is 29.8 Å². The predicted octanol–water partition coefficient (Wildman–Crippen LogP) is 3.27. The zero-order valence-corrected chi connectivity index (χ0v) is 17.4. The lowest BCUT2D eigenvalue weighted by molar-refractivity contribution is -0.129. The molecule has 3 rings (SSSR count). The van der Waals surface area contributed by atoms with E-state index in [9.17, 15) is 13.2 Å². The maximum atomic E-state index is 12.7. The number of rotatable bonds is 5. The number of nitrogens with zero attached hydrogens (tertiary/aromatic N) is 2. The van der Waals surface area contributed by atoms with Crippen LogP contribution >= 0.6 is 23.4 Å². The monoisotopic (exact) mass is 424 g/mol. The lowest BCUT2D eigenvalue weighted by atomic mass is 10.2. The van der Waals surface area contributed by atoms with Crippen molar-refractivity contribution in [2.45, 2.75) is 16.7 Å². The summed E-state index contributed by atoms with van der Waals surface area (Å²) in [7, 11) is -3.56. The Morgan fingerprint density at radius 1 is 1.04 bits per heavy atom. The third-order valence-electron chi connectivity index (χ3n) is 4.49. The smallest absolute Gasteiger partial charge is 0.243 e. The van der Waals surface area contributed by atoms with Crippen molar-refractivity contribution < 1.29 is 13.2 Å². The predicted molar refractivity (Wildman–Crippen MR) is 109 cm³/mol. The van der Waals surface area contributed by atoms with Gasteiger partial charge < -0.3 is 4.90 Å². The molecule has 0 bridgehead atoms. The van der Waals surface area contributed by atoms with Crippen LogP contribution in [0.1, 0.15) is 5.56 Å². The molecule has 8 heteroatoms. The first-order valence-corrected chi connectivity index (χ1v) is 11.4. The molecule has 0 atom stereocenters. The van der Waals surface area contributed by atoms with Gasteiger partial charge in [0.25, 0.3) is 0 Å². The van der Waals surface area contributed by atoms with Gasteiger partial charge in [0.05, 0.1) is 10.6 Å². The largest absolute Gasteiger partial charge is 0.339 e. The van der Waals surface area contributed by atoms with Gasteiger partial charge in [0, 0.05) is 36.1 Å². The van der Waals surface area contributed by atoms with E-state index < -0.39 is 10.0 Å². The molecule has 2 aromatic rings. The minimum Gasteiger partial charge on any atom is -0.339 e. The lowest BCUT2D eigenvalue weighted by Crippen LogP contribution is -2.50. The van der Waals surface area contributed by atoms with Crippen LogP contribution in [0, 0.1) is 6.92 Å². The van der Waals surface area contributed by atoms with Gasteiger partial charge in [0.2, 0.25) is 15.9 Å². The number of amides is 1. The molecule has 5 nitrogen and oxygen atoms in total. The first-order valence-electron chi connectivity index (χ1n) is 8.60. The third kappa shape index (κ3) is 4.85. The molecule has 1 aliphatic rings. The molecule has 0 aromatic heterocycles. The highest BCUT2D eigenvalue weighted by atomic mass is 35.5. The van der Waals surface area contributed by atoms with Gasteiger partial charge in [-0.15, -0.1) is 11.8 Å². The van der Waals surface area contributed by atoms with Crippen molar-refractivity contribution in [2.75, 3.05) is 31.9 Å². The Labute approximate surface area is 169 Å². The van der Waals surface area contributed by atoms with Crippen LogP contribution in [0.5, 0.6) is 0 Å². The van der Waals surface area contributed by atoms with E-state index >= 15 is 0 Å². The normalized spacial score (nSPS) is 15.7. The highest BCUT2D eigenvalue weighted by Crippen LogP contribution is 2.23. The summed E-state index contributed by atoms with van der Waals surface area (Å²) >= 11 is 7.35. The molecule has 0 N–H and O–H groups in total. The van der Waals surface area contributed by atoms with Crippen LogP contribution in [0.4, 0.5) is 0 Å². The fourth-order valence-corrected chi connectivity index (χ4v) is 5.36. The number of carbonyl (C=O) groups is 1. The molecular formula is C19H21ClN2O3S2. The molecular weight excluding hydrogens is 404 g/mol. The van der Waals surface area contributed by atoms with Crippen molar-refractivity contribution in [3.63, 3.8) is 0 Å². The maximum absolute atomic E-state index is 12.7. The van der Waals surface area contributed by atoms with Crippen molar-refractivity contribution in [1.29, 1.82) is 0 Å². The van der Waals surface area contributed by atoms with Gasteiger partial charge in [-0.2, -0.15) is 4.31 Å². The molecule has 1 saturated heterocycles. The second-order valence-electron chi connectivity index (χ2n) is 6.29. The number of hydrogen-bond donors (Lipinski definition) is 0. The first kappa shape index (κ1) is 20.2. The number of sulfonamides is 1. The summed E-state index contributed by atoms with van der Waals surface area (Å²) < 4.78 is 26.8. The SMILES string of the molecule is Cc1ccccc1SCC(=O)N1CCN(S(=O)(=O)c2ccc(Cl)cc2)CC1. The van der Waals surface area contributed by atoms with E-state index in [2.05, 4.69) is 0 Å². The van der Waals surface area contributed by atoms with Crippen LogP contribution in [0.3, 0.4) is 0 Å². The third-order valence-corrected chi connectivity index (χ3v) is 7.81. The van der Waals surface area contributed by atoms with Gasteiger partial charge in [0.1, 0.15) is 0 Å². The number of hydrogen-bond acceptors (Lipinski definition) is 4. The van der Waals surface area contributed by atoms with Crippen LogP contribution in [-0.4, -0.2) is 55.5 Å². The van der Waals surface area contributed by atoms with Crippen molar-refractivity contribution >= 4 is 39.3 Å². The molecule has 144 valence electrons. The molecule has 0 unspecified atom stereocenters. The fourth-order valence-electron chi connectivity index (χ4n) is 2.88. The molecule has 0 spiro atoms. The van der Waals surface area contributed by atoms with Gasteiger partial charge >= 0.3 is 0 Å². The summed E-state index contributed by atoms with van der Waals surface area (Å²) in [6, 6.07) is 14.1. The lowest BCUT2D eigenvalue weighted by Gasteiger charge is -2.34. The second-order valence-corrected chi connectivity index (χ2v) is 9.68. The van der Waals surface area contributed by atoms with E-state index in [4.69, 9.17) is 11.6 Å². The first-order chi connectivity index (χ1) is 12.9. The summed E-state index contributed by atoms with van der Waals surface area (Å²) in [6.45, 7) is 3.42. The van der Waals surface area contributed by atoms with Gasteiger partial charge in [-0.25, -0.2) is 8.42 Å². The number of aryl methyl sites for hydroxylation is 1. The van der Waals surface area contributed by atoms with Gasteiger partial charge in [-0.05, 0) is 42.8 Å². The zero-order valence-electron chi connectivity index (χ0n) is 15.0. The highest BCUT2D eigenvalue weighted by Gasteiger charge is 2.30. The van der Waals surface area contributed by atoms with Crippen LogP contribution in [0.2, 0.25) is 5.02 Å². The fraction of sp³-hybridized carbons (Fsp3) is 0.316. The quantitative estimate of drug-likeness (QED) is 0.691. The van der Waals surface area contributed by atoms with Crippen LogP contribution in [0.15, 0.2) is 58.3 Å². The Morgan fingerprint density at radius 3 is 2.30 bits per heavy atom. The number of benzene rings is 2. The summed E-state index contributed by atoms with van der Waals surface area (Å²) in [4.78, 5) is 15.5. The Kier molecular flexibility index (Phi) is 6.47. The van der Waals surface area contributed by atoms with Crippen LogP contribution in [-0.2, 0) is 14.8 Å². The van der Waals surface area contributed by atoms with Gasteiger partial charge in [-0.3, -0.25) is 4.79 Å². The Bertz CT molecular complexity index is 909. The van der Waals surface area contributed by atoms with E-state index in [1.165, 1.54) is 28.2 Å². The molecule has 1 fully saturated rings. The molecule has 1 heterocycles. The number of piperazine rings is 1. The Morgan fingerprint density at radius 2 is 1.67 bits per heavy atom. The summed E-state index contributed by atoms with van der Waals surface area (Å²) in [5.74, 6) is 0.390. The summed E-state index contributed by atoms with van der Waals surface area (Å²) in [5.41, 5.74) is 1.15. The Balaban J connectivity index is 1.56. The maximum Gasteiger partial charge on any atom is 0.243 e. The number of thioether (sulfide) groups is 1. The minimum absolute atomic E-state index is 0.0341. The van der Waals surface area contributed by atoms with E-state index in [0.29, 0.717) is 37.0 Å². The molecule has 0 radical (unpaired) electrons. The molecule has 0 aliphatic carbocycles. The van der Waals surface area contributed by atoms with Crippen molar-refractivity contribution in [1.82, 2.24) is 9.21 Å². The van der Waals surface area contributed by atoms with Crippen molar-refractivity contribution in [3.05, 3.63) is 59.1 Å². The summed E-state index contributed by atoms with van der Waals surface area (Å²) in [6.07, 6.45) is 0. The Hall–Kier alpha value is -1.54. The second kappa shape index (κ2) is 8.65. The van der Waals surface area contributed by atoms with Crippen molar-refractivity contribution in [3.8, 4) is 0 Å². The van der Waals surface area contributed by atoms with E-state index in [-0.39, 0.29) is 10.8 Å². The molecule has 1 amide bonds. The highest BCUT2D eigenvalue weighted by molar-refractivity contribution is 8.00. The van der Waals surface area contributed by atoms with E-state index in [1.807, 2.05) is 31.2 Å². The number of carbonyl (C=O) groups excluding carboxylic acids is 1. The molecule has 1 aliphatic heterocycles. The van der Waals surface area contributed by atoms with Crippen LogP contribution in [0.25, 0.3) is 0 Å². The molecule has 27 heavy (non-hydrogen) atoms.